The van der Waals surface area contributed by atoms with Crippen molar-refractivity contribution in [3.8, 4) is 0 Å². The molecule has 1 aromatic rings. The number of nitrogens with zero attached hydrogens (tertiary/aromatic N) is 2. The molecule has 2 N–H and O–H groups in total. The van der Waals surface area contributed by atoms with Gasteiger partial charge in [-0.1, -0.05) is 0 Å². The van der Waals surface area contributed by atoms with Crippen LogP contribution in [0.25, 0.3) is 0 Å². The number of rotatable bonds is 4. The third-order valence-electron chi connectivity index (χ3n) is 3.47. The van der Waals surface area contributed by atoms with Crippen molar-refractivity contribution in [3.05, 3.63) is 12.5 Å². The Balaban J connectivity index is 2.05. The van der Waals surface area contributed by atoms with Crippen molar-refractivity contribution in [2.45, 2.75) is 62.7 Å². The Morgan fingerprint density at radius 2 is 2.00 bits per heavy atom. The summed E-state index contributed by atoms with van der Waals surface area (Å²) in [6.45, 7) is 3.93. The maximum Gasteiger partial charge on any atom is 0.259 e. The Kier molecular flexibility index (Phi) is 4.27. The smallest absolute Gasteiger partial charge is 0.259 e. The van der Waals surface area contributed by atoms with Crippen LogP contribution in [0, 0.1) is 0 Å². The molecule has 1 aromatic heterocycles. The second-order valence-electron chi connectivity index (χ2n) is 5.38. The van der Waals surface area contributed by atoms with E-state index in [2.05, 4.69) is 9.71 Å². The SMILES string of the molecule is CC(C)n1cnc(S(=O)(=O)NC2CCC(O)CC2)c1. The Morgan fingerprint density at radius 3 is 2.53 bits per heavy atom. The third kappa shape index (κ3) is 3.55. The number of imidazole rings is 1. The zero-order chi connectivity index (χ0) is 14.0. The molecule has 7 heteroatoms. The van der Waals surface area contributed by atoms with Crippen LogP contribution >= 0.6 is 0 Å². The lowest BCUT2D eigenvalue weighted by atomic mass is 9.94. The van der Waals surface area contributed by atoms with E-state index in [1.54, 1.807) is 10.8 Å². The topological polar surface area (TPSA) is 84.2 Å². The fourth-order valence-corrected chi connectivity index (χ4v) is 3.45. The van der Waals surface area contributed by atoms with E-state index in [9.17, 15) is 13.5 Å². The molecule has 1 saturated carbocycles. The molecular formula is C12H21N3O3S. The van der Waals surface area contributed by atoms with Gasteiger partial charge < -0.3 is 9.67 Å². The predicted molar refractivity (Wildman–Crippen MR) is 71.2 cm³/mol. The molecule has 2 rings (SSSR count). The van der Waals surface area contributed by atoms with Crippen LogP contribution < -0.4 is 4.72 Å². The summed E-state index contributed by atoms with van der Waals surface area (Å²) in [6, 6.07) is 0.0823. The first-order valence-corrected chi connectivity index (χ1v) is 8.10. The minimum Gasteiger partial charge on any atom is -0.393 e. The number of sulfonamides is 1. The summed E-state index contributed by atoms with van der Waals surface area (Å²) < 4.78 is 28.8. The second-order valence-corrected chi connectivity index (χ2v) is 7.04. The molecule has 0 bridgehead atoms. The van der Waals surface area contributed by atoms with E-state index >= 15 is 0 Å². The maximum atomic E-state index is 12.2. The molecule has 1 aliphatic rings. The third-order valence-corrected chi connectivity index (χ3v) is 4.87. The van der Waals surface area contributed by atoms with Gasteiger partial charge in [-0.15, -0.1) is 0 Å². The summed E-state index contributed by atoms with van der Waals surface area (Å²) in [5.74, 6) is 0. The average Bonchev–Trinajstić information content (AvgIpc) is 2.82. The molecule has 0 spiro atoms. The number of nitrogens with one attached hydrogen (secondary N) is 1. The van der Waals surface area contributed by atoms with Crippen molar-refractivity contribution < 1.29 is 13.5 Å². The zero-order valence-corrected chi connectivity index (χ0v) is 12.1. The monoisotopic (exact) mass is 287 g/mol. The number of aliphatic hydroxyl groups excluding tert-OH is 1. The van der Waals surface area contributed by atoms with Crippen molar-refractivity contribution in [3.63, 3.8) is 0 Å². The fourth-order valence-electron chi connectivity index (χ4n) is 2.21. The second kappa shape index (κ2) is 5.60. The van der Waals surface area contributed by atoms with Crippen molar-refractivity contribution in [2.75, 3.05) is 0 Å². The molecule has 0 saturated heterocycles. The highest BCUT2D eigenvalue weighted by atomic mass is 32.2. The highest BCUT2D eigenvalue weighted by Crippen LogP contribution is 2.20. The van der Waals surface area contributed by atoms with Gasteiger partial charge in [-0.3, -0.25) is 0 Å². The molecule has 108 valence electrons. The summed E-state index contributed by atoms with van der Waals surface area (Å²) in [6.07, 6.45) is 5.42. The van der Waals surface area contributed by atoms with Crippen molar-refractivity contribution in [2.24, 2.45) is 0 Å². The van der Waals surface area contributed by atoms with Crippen LogP contribution in [0.4, 0.5) is 0 Å². The zero-order valence-electron chi connectivity index (χ0n) is 11.3. The lowest BCUT2D eigenvalue weighted by Crippen LogP contribution is -2.38. The molecule has 1 fully saturated rings. The summed E-state index contributed by atoms with van der Waals surface area (Å²) >= 11 is 0. The number of aromatic nitrogens is 2. The Bertz CT molecular complexity index is 516. The summed E-state index contributed by atoms with van der Waals surface area (Å²) in [7, 11) is -3.55. The summed E-state index contributed by atoms with van der Waals surface area (Å²) in [4.78, 5) is 3.95. The maximum absolute atomic E-state index is 12.2. The fraction of sp³-hybridized carbons (Fsp3) is 0.750. The Labute approximate surface area is 113 Å². The molecule has 0 radical (unpaired) electrons. The molecule has 0 unspecified atom stereocenters. The van der Waals surface area contributed by atoms with Gasteiger partial charge in [0, 0.05) is 18.3 Å². The van der Waals surface area contributed by atoms with E-state index in [0.29, 0.717) is 25.7 Å². The molecule has 6 nitrogen and oxygen atoms in total. The molecule has 1 aliphatic carbocycles. The normalized spacial score (nSPS) is 24.8. The van der Waals surface area contributed by atoms with Gasteiger partial charge in [0.1, 0.15) is 0 Å². The van der Waals surface area contributed by atoms with Crippen molar-refractivity contribution in [1.82, 2.24) is 14.3 Å². The first kappa shape index (κ1) is 14.5. The highest BCUT2D eigenvalue weighted by molar-refractivity contribution is 7.89. The summed E-state index contributed by atoms with van der Waals surface area (Å²) in [5.41, 5.74) is 0. The van der Waals surface area contributed by atoms with Gasteiger partial charge in [-0.05, 0) is 39.5 Å². The molecule has 0 atom stereocenters. The molecule has 0 aliphatic heterocycles. The lowest BCUT2D eigenvalue weighted by Gasteiger charge is -2.25. The van der Waals surface area contributed by atoms with E-state index in [4.69, 9.17) is 0 Å². The van der Waals surface area contributed by atoms with Gasteiger partial charge in [0.05, 0.1) is 12.4 Å². The largest absolute Gasteiger partial charge is 0.393 e. The first-order chi connectivity index (χ1) is 8.88. The van der Waals surface area contributed by atoms with Crippen LogP contribution in [0.1, 0.15) is 45.6 Å². The van der Waals surface area contributed by atoms with E-state index in [1.807, 2.05) is 13.8 Å². The lowest BCUT2D eigenvalue weighted by molar-refractivity contribution is 0.120. The number of hydrogen-bond acceptors (Lipinski definition) is 4. The highest BCUT2D eigenvalue weighted by Gasteiger charge is 2.26. The van der Waals surface area contributed by atoms with E-state index in [-0.39, 0.29) is 23.2 Å². The quantitative estimate of drug-likeness (QED) is 0.867. The van der Waals surface area contributed by atoms with Gasteiger partial charge in [0.2, 0.25) is 0 Å². The van der Waals surface area contributed by atoms with Gasteiger partial charge in [0.15, 0.2) is 5.03 Å². The van der Waals surface area contributed by atoms with Crippen LogP contribution in [0.5, 0.6) is 0 Å². The van der Waals surface area contributed by atoms with E-state index in [1.165, 1.54) is 6.33 Å². The number of aliphatic hydroxyl groups is 1. The van der Waals surface area contributed by atoms with Crippen molar-refractivity contribution >= 4 is 10.0 Å². The van der Waals surface area contributed by atoms with Crippen LogP contribution in [0.15, 0.2) is 17.6 Å². The minimum absolute atomic E-state index is 0.0623. The van der Waals surface area contributed by atoms with Gasteiger partial charge in [-0.2, -0.15) is 0 Å². The molecule has 0 amide bonds. The predicted octanol–water partition coefficient (Wildman–Crippen LogP) is 1.05. The Hall–Kier alpha value is -0.920. The van der Waals surface area contributed by atoms with Crippen LogP contribution in [-0.4, -0.2) is 35.2 Å². The van der Waals surface area contributed by atoms with Crippen LogP contribution in [0.3, 0.4) is 0 Å². The first-order valence-electron chi connectivity index (χ1n) is 6.62. The van der Waals surface area contributed by atoms with E-state index < -0.39 is 10.0 Å². The number of hydrogen-bond donors (Lipinski definition) is 2. The minimum atomic E-state index is -3.55. The summed E-state index contributed by atoms with van der Waals surface area (Å²) in [5, 5.41) is 9.48. The molecular weight excluding hydrogens is 266 g/mol. The van der Waals surface area contributed by atoms with Crippen LogP contribution in [-0.2, 0) is 10.0 Å². The Morgan fingerprint density at radius 1 is 1.37 bits per heavy atom. The van der Waals surface area contributed by atoms with E-state index in [0.717, 1.165) is 0 Å². The molecule has 1 heterocycles. The standard InChI is InChI=1S/C12H21N3O3S/c1-9(2)15-7-12(13-8-15)19(17,18)14-10-3-5-11(16)6-4-10/h7-11,14,16H,3-6H2,1-2H3. The molecule has 19 heavy (non-hydrogen) atoms. The van der Waals surface area contributed by atoms with Gasteiger partial charge in [0.25, 0.3) is 10.0 Å². The molecule has 0 aromatic carbocycles. The van der Waals surface area contributed by atoms with Crippen molar-refractivity contribution in [1.29, 1.82) is 0 Å². The van der Waals surface area contributed by atoms with Crippen LogP contribution in [0.2, 0.25) is 0 Å². The van der Waals surface area contributed by atoms with Gasteiger partial charge >= 0.3 is 0 Å². The van der Waals surface area contributed by atoms with Gasteiger partial charge in [-0.25, -0.2) is 18.1 Å². The average molecular weight is 287 g/mol.